The average molecular weight is 359 g/mol. The van der Waals surface area contributed by atoms with Gasteiger partial charge in [0.15, 0.2) is 5.96 Å². The van der Waals surface area contributed by atoms with E-state index in [2.05, 4.69) is 10.3 Å². The van der Waals surface area contributed by atoms with Crippen LogP contribution in [-0.2, 0) is 17.8 Å². The Kier molecular flexibility index (Phi) is 7.89. The van der Waals surface area contributed by atoms with Crippen molar-refractivity contribution in [3.63, 3.8) is 0 Å². The number of nitrogens with zero attached hydrogens (tertiary/aromatic N) is 2. The Labute approximate surface area is 154 Å². The molecule has 26 heavy (non-hydrogen) atoms. The smallest absolute Gasteiger partial charge is 0.193 e. The van der Waals surface area contributed by atoms with Gasteiger partial charge in [-0.3, -0.25) is 4.99 Å². The Balaban J connectivity index is 1.85. The standard InChI is InChI=1S/C20H26FN3O2/c1-22-20(24(2)15-17-5-4-6-18(21)13-17)23-14-16-7-9-19(10-8-16)26-12-11-25-3/h4-10,13H,11-12,14-15H2,1-3H3,(H,22,23). The molecule has 0 atom stereocenters. The van der Waals surface area contributed by atoms with Crippen LogP contribution in [0.25, 0.3) is 0 Å². The lowest BCUT2D eigenvalue weighted by atomic mass is 10.2. The summed E-state index contributed by atoms with van der Waals surface area (Å²) < 4.78 is 23.8. The van der Waals surface area contributed by atoms with Gasteiger partial charge in [-0.05, 0) is 35.4 Å². The number of benzene rings is 2. The van der Waals surface area contributed by atoms with Crippen molar-refractivity contribution in [3.8, 4) is 5.75 Å². The van der Waals surface area contributed by atoms with Crippen molar-refractivity contribution in [3.05, 3.63) is 65.5 Å². The lowest BCUT2D eigenvalue weighted by molar-refractivity contribution is 0.146. The third-order valence-corrected chi connectivity index (χ3v) is 3.81. The summed E-state index contributed by atoms with van der Waals surface area (Å²) in [5.74, 6) is 1.33. The molecule has 0 radical (unpaired) electrons. The number of hydrogen-bond acceptors (Lipinski definition) is 3. The molecule has 0 aliphatic carbocycles. The summed E-state index contributed by atoms with van der Waals surface area (Å²) in [4.78, 5) is 6.24. The number of halogens is 1. The van der Waals surface area contributed by atoms with Gasteiger partial charge < -0.3 is 19.7 Å². The van der Waals surface area contributed by atoms with Gasteiger partial charge in [-0.1, -0.05) is 24.3 Å². The largest absolute Gasteiger partial charge is 0.491 e. The number of guanidine groups is 1. The highest BCUT2D eigenvalue weighted by molar-refractivity contribution is 5.79. The summed E-state index contributed by atoms with van der Waals surface area (Å²) >= 11 is 0. The number of ether oxygens (including phenoxy) is 2. The van der Waals surface area contributed by atoms with Crippen LogP contribution < -0.4 is 10.1 Å². The molecule has 2 rings (SSSR count). The third kappa shape index (κ3) is 6.37. The van der Waals surface area contributed by atoms with E-state index in [0.29, 0.717) is 26.3 Å². The molecule has 0 spiro atoms. The van der Waals surface area contributed by atoms with E-state index >= 15 is 0 Å². The van der Waals surface area contributed by atoms with Crippen molar-refractivity contribution in [2.45, 2.75) is 13.1 Å². The molecule has 0 unspecified atom stereocenters. The number of hydrogen-bond donors (Lipinski definition) is 1. The molecule has 5 nitrogen and oxygen atoms in total. The SMILES string of the molecule is CN=C(NCc1ccc(OCCOC)cc1)N(C)Cc1cccc(F)c1. The maximum atomic E-state index is 13.3. The van der Waals surface area contributed by atoms with Gasteiger partial charge >= 0.3 is 0 Å². The van der Waals surface area contributed by atoms with Crippen LogP contribution in [-0.4, -0.2) is 45.3 Å². The van der Waals surface area contributed by atoms with E-state index in [-0.39, 0.29) is 5.82 Å². The van der Waals surface area contributed by atoms with Gasteiger partial charge in [0.2, 0.25) is 0 Å². The normalized spacial score (nSPS) is 11.3. The van der Waals surface area contributed by atoms with Crippen molar-refractivity contribution in [2.75, 3.05) is 34.4 Å². The summed E-state index contributed by atoms with van der Waals surface area (Å²) in [5.41, 5.74) is 2.01. The maximum Gasteiger partial charge on any atom is 0.193 e. The quantitative estimate of drug-likeness (QED) is 0.447. The van der Waals surface area contributed by atoms with Crippen molar-refractivity contribution in [1.29, 1.82) is 0 Å². The molecule has 0 saturated carbocycles. The predicted molar refractivity (Wildman–Crippen MR) is 102 cm³/mol. The first kappa shape index (κ1) is 19.7. The highest BCUT2D eigenvalue weighted by Gasteiger charge is 2.07. The third-order valence-electron chi connectivity index (χ3n) is 3.81. The van der Waals surface area contributed by atoms with Crippen LogP contribution >= 0.6 is 0 Å². The van der Waals surface area contributed by atoms with Gasteiger partial charge in [-0.2, -0.15) is 0 Å². The minimum absolute atomic E-state index is 0.230. The molecule has 1 N–H and O–H groups in total. The second-order valence-electron chi connectivity index (χ2n) is 5.87. The van der Waals surface area contributed by atoms with Crippen LogP contribution in [0.5, 0.6) is 5.75 Å². The highest BCUT2D eigenvalue weighted by atomic mass is 19.1. The van der Waals surface area contributed by atoms with Crippen LogP contribution in [0.3, 0.4) is 0 Å². The molecule has 2 aromatic rings. The minimum Gasteiger partial charge on any atom is -0.491 e. The summed E-state index contributed by atoms with van der Waals surface area (Å²) in [6, 6.07) is 14.5. The van der Waals surface area contributed by atoms with E-state index in [4.69, 9.17) is 9.47 Å². The first-order chi connectivity index (χ1) is 12.6. The van der Waals surface area contributed by atoms with Gasteiger partial charge in [0, 0.05) is 34.3 Å². The van der Waals surface area contributed by atoms with E-state index < -0.39 is 0 Å². The molecular weight excluding hydrogens is 333 g/mol. The summed E-state index contributed by atoms with van der Waals surface area (Å²) in [6.45, 7) is 2.31. The molecule has 140 valence electrons. The van der Waals surface area contributed by atoms with Gasteiger partial charge in [0.05, 0.1) is 6.61 Å². The van der Waals surface area contributed by atoms with Crippen LogP contribution in [0.1, 0.15) is 11.1 Å². The van der Waals surface area contributed by atoms with E-state index in [1.165, 1.54) is 12.1 Å². The summed E-state index contributed by atoms with van der Waals surface area (Å²) in [6.07, 6.45) is 0. The zero-order valence-electron chi connectivity index (χ0n) is 15.5. The summed E-state index contributed by atoms with van der Waals surface area (Å²) in [7, 11) is 5.31. The fourth-order valence-corrected chi connectivity index (χ4v) is 2.50. The van der Waals surface area contributed by atoms with Crippen LogP contribution in [0.15, 0.2) is 53.5 Å². The topological polar surface area (TPSA) is 46.1 Å². The fraction of sp³-hybridized carbons (Fsp3) is 0.350. The second-order valence-corrected chi connectivity index (χ2v) is 5.87. The van der Waals surface area contributed by atoms with Crippen molar-refractivity contribution >= 4 is 5.96 Å². The molecule has 6 heteroatoms. The Morgan fingerprint density at radius 1 is 1.12 bits per heavy atom. The molecule has 2 aromatic carbocycles. The highest BCUT2D eigenvalue weighted by Crippen LogP contribution is 2.12. The first-order valence-corrected chi connectivity index (χ1v) is 8.49. The molecule has 0 heterocycles. The lowest BCUT2D eigenvalue weighted by Crippen LogP contribution is -2.38. The van der Waals surface area contributed by atoms with Crippen LogP contribution in [0.2, 0.25) is 0 Å². The molecule has 0 aliphatic rings. The number of nitrogens with one attached hydrogen (secondary N) is 1. The number of methoxy groups -OCH3 is 1. The van der Waals surface area contributed by atoms with Gasteiger partial charge in [-0.15, -0.1) is 0 Å². The first-order valence-electron chi connectivity index (χ1n) is 8.49. The van der Waals surface area contributed by atoms with E-state index in [1.807, 2.05) is 42.3 Å². The molecule has 0 aliphatic heterocycles. The monoisotopic (exact) mass is 359 g/mol. The van der Waals surface area contributed by atoms with E-state index in [1.54, 1.807) is 20.2 Å². The molecule has 0 bridgehead atoms. The molecule has 0 saturated heterocycles. The Bertz CT molecular complexity index is 704. The average Bonchev–Trinajstić information content (AvgIpc) is 2.63. The molecule has 0 fully saturated rings. The van der Waals surface area contributed by atoms with Gasteiger partial charge in [0.1, 0.15) is 18.2 Å². The van der Waals surface area contributed by atoms with E-state index in [9.17, 15) is 4.39 Å². The zero-order chi connectivity index (χ0) is 18.8. The lowest BCUT2D eigenvalue weighted by Gasteiger charge is -2.22. The maximum absolute atomic E-state index is 13.3. The molecular formula is C20H26FN3O2. The van der Waals surface area contributed by atoms with Crippen molar-refractivity contribution in [2.24, 2.45) is 4.99 Å². The fourth-order valence-electron chi connectivity index (χ4n) is 2.50. The predicted octanol–water partition coefficient (Wildman–Crippen LogP) is 3.06. The molecule has 0 aromatic heterocycles. The Hall–Kier alpha value is -2.60. The van der Waals surface area contributed by atoms with Gasteiger partial charge in [-0.25, -0.2) is 4.39 Å². The van der Waals surface area contributed by atoms with Crippen LogP contribution in [0.4, 0.5) is 4.39 Å². The number of aliphatic imine (C=N–C) groups is 1. The Morgan fingerprint density at radius 3 is 2.54 bits per heavy atom. The van der Waals surface area contributed by atoms with Crippen LogP contribution in [0, 0.1) is 5.82 Å². The molecule has 0 amide bonds. The number of rotatable bonds is 8. The Morgan fingerprint density at radius 2 is 1.88 bits per heavy atom. The van der Waals surface area contributed by atoms with Gasteiger partial charge in [0.25, 0.3) is 0 Å². The second kappa shape index (κ2) is 10.4. The van der Waals surface area contributed by atoms with Crippen molar-refractivity contribution in [1.82, 2.24) is 10.2 Å². The zero-order valence-corrected chi connectivity index (χ0v) is 15.5. The van der Waals surface area contributed by atoms with Crippen molar-refractivity contribution < 1.29 is 13.9 Å². The minimum atomic E-state index is -0.230. The summed E-state index contributed by atoms with van der Waals surface area (Å²) in [5, 5.41) is 3.31. The van der Waals surface area contributed by atoms with E-state index in [0.717, 1.165) is 22.8 Å².